The Bertz CT molecular complexity index is 1080. The average molecular weight is 388 g/mol. The third kappa shape index (κ3) is 2.75. The van der Waals surface area contributed by atoms with Crippen molar-refractivity contribution in [2.75, 3.05) is 0 Å². The molecule has 0 spiro atoms. The van der Waals surface area contributed by atoms with Gasteiger partial charge in [-0.25, -0.2) is 18.1 Å². The molecule has 0 radical (unpaired) electrons. The van der Waals surface area contributed by atoms with Crippen LogP contribution in [-0.4, -0.2) is 44.3 Å². The molecule has 3 atom stereocenters. The number of aromatic amines is 1. The molecule has 2 saturated carbocycles. The quantitative estimate of drug-likeness (QED) is 0.698. The first kappa shape index (κ1) is 17.1. The zero-order valence-corrected chi connectivity index (χ0v) is 16.1. The summed E-state index contributed by atoms with van der Waals surface area (Å²) in [5, 5.41) is 8.59. The molecule has 8 nitrogen and oxygen atoms in total. The number of nitrogens with one attached hydrogen (secondary N) is 2. The van der Waals surface area contributed by atoms with Crippen molar-refractivity contribution in [3.05, 3.63) is 24.3 Å². The van der Waals surface area contributed by atoms with Gasteiger partial charge in [-0.15, -0.1) is 10.2 Å². The fraction of sp³-hybridized carbons (Fsp3) is 0.611. The Morgan fingerprint density at radius 3 is 2.89 bits per heavy atom. The lowest BCUT2D eigenvalue weighted by molar-refractivity contribution is 0.445. The van der Waals surface area contributed by atoms with Gasteiger partial charge in [-0.05, 0) is 37.7 Å². The van der Waals surface area contributed by atoms with Gasteiger partial charge in [0.25, 0.3) is 0 Å². The van der Waals surface area contributed by atoms with Crippen LogP contribution in [0.4, 0.5) is 0 Å². The Kier molecular flexibility index (Phi) is 3.98. The second-order valence-electron chi connectivity index (χ2n) is 7.88. The second kappa shape index (κ2) is 6.27. The third-order valence-corrected chi connectivity index (χ3v) is 8.35. The Hall–Kier alpha value is -2.00. The number of aromatic nitrogens is 5. The first-order valence-corrected chi connectivity index (χ1v) is 11.3. The van der Waals surface area contributed by atoms with Gasteiger partial charge in [-0.2, -0.15) is 0 Å². The molecule has 0 unspecified atom stereocenters. The van der Waals surface area contributed by atoms with Crippen molar-refractivity contribution in [3.8, 4) is 0 Å². The fourth-order valence-corrected chi connectivity index (χ4v) is 6.44. The predicted molar refractivity (Wildman–Crippen MR) is 102 cm³/mol. The lowest BCUT2D eigenvalue weighted by atomic mass is 9.93. The van der Waals surface area contributed by atoms with Crippen LogP contribution in [0, 0.1) is 5.92 Å². The van der Waals surface area contributed by atoms with E-state index in [1.807, 2.05) is 12.3 Å². The monoisotopic (exact) mass is 388 g/mol. The van der Waals surface area contributed by atoms with Gasteiger partial charge < -0.3 is 4.98 Å². The molecule has 0 amide bonds. The minimum atomic E-state index is -3.21. The van der Waals surface area contributed by atoms with Crippen molar-refractivity contribution >= 4 is 26.8 Å². The molecule has 2 aliphatic carbocycles. The van der Waals surface area contributed by atoms with Crippen LogP contribution < -0.4 is 4.72 Å². The first-order chi connectivity index (χ1) is 13.1. The molecular formula is C18H24N6O2S. The van der Waals surface area contributed by atoms with Crippen molar-refractivity contribution < 1.29 is 8.42 Å². The minimum absolute atomic E-state index is 0.0264. The van der Waals surface area contributed by atoms with E-state index in [0.717, 1.165) is 61.2 Å². The van der Waals surface area contributed by atoms with E-state index in [4.69, 9.17) is 0 Å². The van der Waals surface area contributed by atoms with Gasteiger partial charge in [0.1, 0.15) is 5.82 Å². The van der Waals surface area contributed by atoms with Gasteiger partial charge in [-0.3, -0.25) is 4.40 Å². The summed E-state index contributed by atoms with van der Waals surface area (Å²) in [7, 11) is -3.21. The highest BCUT2D eigenvalue weighted by Crippen LogP contribution is 2.42. The maximum Gasteiger partial charge on any atom is 0.214 e. The molecule has 2 aliphatic rings. The predicted octanol–water partition coefficient (Wildman–Crippen LogP) is 2.35. The van der Waals surface area contributed by atoms with Crippen LogP contribution >= 0.6 is 0 Å². The first-order valence-electron chi connectivity index (χ1n) is 9.75. The van der Waals surface area contributed by atoms with Crippen molar-refractivity contribution in [3.63, 3.8) is 0 Å². The third-order valence-electron chi connectivity index (χ3n) is 6.34. The Labute approximate surface area is 157 Å². The summed E-state index contributed by atoms with van der Waals surface area (Å²) in [6.45, 7) is 2.16. The van der Waals surface area contributed by atoms with Gasteiger partial charge in [0.05, 0.1) is 17.0 Å². The molecule has 3 aromatic rings. The largest absolute Gasteiger partial charge is 0.345 e. The van der Waals surface area contributed by atoms with Crippen LogP contribution in [0.1, 0.15) is 57.2 Å². The Morgan fingerprint density at radius 1 is 1.30 bits per heavy atom. The Morgan fingerprint density at radius 2 is 2.15 bits per heavy atom. The summed E-state index contributed by atoms with van der Waals surface area (Å²) in [5.41, 5.74) is 2.49. The zero-order chi connectivity index (χ0) is 18.6. The summed E-state index contributed by atoms with van der Waals surface area (Å²) in [6.07, 6.45) is 8.78. The molecule has 5 rings (SSSR count). The molecule has 144 valence electrons. The molecular weight excluding hydrogens is 364 g/mol. The second-order valence-corrected chi connectivity index (χ2v) is 9.87. The number of sulfonamides is 1. The van der Waals surface area contributed by atoms with Gasteiger partial charge in [0.2, 0.25) is 10.0 Å². The summed E-state index contributed by atoms with van der Waals surface area (Å²) < 4.78 is 30.2. The van der Waals surface area contributed by atoms with Crippen LogP contribution in [0.25, 0.3) is 16.8 Å². The summed E-state index contributed by atoms with van der Waals surface area (Å²) >= 11 is 0. The number of rotatable bonds is 5. The van der Waals surface area contributed by atoms with E-state index in [0.29, 0.717) is 5.92 Å². The molecule has 0 aliphatic heterocycles. The molecule has 0 aromatic carbocycles. The average Bonchev–Trinajstić information content (AvgIpc) is 3.28. The molecule has 2 fully saturated rings. The number of hydrogen-bond acceptors (Lipinski definition) is 5. The van der Waals surface area contributed by atoms with Gasteiger partial charge in [0.15, 0.2) is 11.3 Å². The number of nitrogens with zero attached hydrogens (tertiary/aromatic N) is 4. The summed E-state index contributed by atoms with van der Waals surface area (Å²) in [5.74, 6) is 1.47. The molecule has 3 heterocycles. The molecule has 2 N–H and O–H groups in total. The van der Waals surface area contributed by atoms with Gasteiger partial charge >= 0.3 is 0 Å². The van der Waals surface area contributed by atoms with E-state index in [1.54, 1.807) is 6.20 Å². The van der Waals surface area contributed by atoms with E-state index in [-0.39, 0.29) is 17.2 Å². The minimum Gasteiger partial charge on any atom is -0.345 e. The maximum absolute atomic E-state index is 12.6. The van der Waals surface area contributed by atoms with E-state index >= 15 is 0 Å². The number of fused-ring (bicyclic) bond motifs is 3. The smallest absolute Gasteiger partial charge is 0.214 e. The van der Waals surface area contributed by atoms with E-state index in [2.05, 4.69) is 36.2 Å². The summed E-state index contributed by atoms with van der Waals surface area (Å²) in [4.78, 5) is 7.51. The van der Waals surface area contributed by atoms with Gasteiger partial charge in [0, 0.05) is 18.2 Å². The molecule has 27 heavy (non-hydrogen) atoms. The van der Waals surface area contributed by atoms with Crippen LogP contribution in [-0.2, 0) is 10.0 Å². The molecule has 0 saturated heterocycles. The van der Waals surface area contributed by atoms with Crippen molar-refractivity contribution in [2.24, 2.45) is 5.92 Å². The summed E-state index contributed by atoms with van der Waals surface area (Å²) in [6, 6.07) is 1.95. The van der Waals surface area contributed by atoms with Crippen LogP contribution in [0.15, 0.2) is 18.5 Å². The van der Waals surface area contributed by atoms with Gasteiger partial charge in [-0.1, -0.05) is 19.8 Å². The lowest BCUT2D eigenvalue weighted by Crippen LogP contribution is -2.42. The molecule has 9 heteroatoms. The highest BCUT2D eigenvalue weighted by molar-refractivity contribution is 7.90. The standard InChI is InChI=1S/C18H24N6O2S/c1-2-11-8-12(23-27(25,26)13-4-3-5-13)9-14(11)18-22-21-16-10-20-17-15(24(16)18)6-7-19-17/h6-7,10-14,19,23H,2-5,8-9H2,1H3/t11-,12+,14-/m0/s1. The normalized spacial score (nSPS) is 26.8. The number of hydrogen-bond donors (Lipinski definition) is 2. The van der Waals surface area contributed by atoms with Crippen LogP contribution in [0.2, 0.25) is 0 Å². The van der Waals surface area contributed by atoms with Crippen LogP contribution in [0.5, 0.6) is 0 Å². The lowest BCUT2D eigenvalue weighted by Gasteiger charge is -2.27. The van der Waals surface area contributed by atoms with Crippen LogP contribution in [0.3, 0.4) is 0 Å². The number of H-pyrrole nitrogens is 1. The Balaban J connectivity index is 1.47. The maximum atomic E-state index is 12.6. The molecule has 0 bridgehead atoms. The van der Waals surface area contributed by atoms with Crippen molar-refractivity contribution in [1.29, 1.82) is 0 Å². The van der Waals surface area contributed by atoms with Crippen molar-refractivity contribution in [2.45, 2.75) is 62.7 Å². The van der Waals surface area contributed by atoms with Crippen molar-refractivity contribution in [1.82, 2.24) is 29.3 Å². The zero-order valence-electron chi connectivity index (χ0n) is 15.3. The fourth-order valence-electron chi connectivity index (χ4n) is 4.64. The highest BCUT2D eigenvalue weighted by atomic mass is 32.2. The SMILES string of the molecule is CC[C@H]1C[C@@H](NS(=O)(=O)C2CCC2)C[C@@H]1c1nnc2cnc3[nH]ccc3n12. The molecule has 3 aromatic heterocycles. The highest BCUT2D eigenvalue weighted by Gasteiger charge is 2.41. The topological polar surface area (TPSA) is 105 Å². The van der Waals surface area contributed by atoms with E-state index in [9.17, 15) is 8.42 Å². The van der Waals surface area contributed by atoms with E-state index < -0.39 is 10.0 Å². The van der Waals surface area contributed by atoms with E-state index in [1.165, 1.54) is 0 Å².